The molecule has 2 N–H and O–H groups in total. The quantitative estimate of drug-likeness (QED) is 0.612. The van der Waals surface area contributed by atoms with Gasteiger partial charge >= 0.3 is 6.09 Å². The van der Waals surface area contributed by atoms with Gasteiger partial charge in [-0.05, 0) is 5.92 Å². The summed E-state index contributed by atoms with van der Waals surface area (Å²) >= 11 is 0. The van der Waals surface area contributed by atoms with Crippen molar-refractivity contribution in [2.75, 3.05) is 33.4 Å². The zero-order chi connectivity index (χ0) is 13.1. The fourth-order valence-electron chi connectivity index (χ4n) is 0.943. The van der Waals surface area contributed by atoms with Crippen LogP contribution in [0.2, 0.25) is 0 Å². The topological polar surface area (TPSA) is 76.7 Å². The molecule has 0 bridgehead atoms. The van der Waals surface area contributed by atoms with Gasteiger partial charge in [0, 0.05) is 26.6 Å². The van der Waals surface area contributed by atoms with E-state index in [2.05, 4.69) is 10.6 Å². The fraction of sp³-hybridized carbons (Fsp3) is 0.818. The number of rotatable bonds is 8. The molecule has 0 unspecified atom stereocenters. The number of ether oxygens (including phenoxy) is 2. The third-order valence-corrected chi connectivity index (χ3v) is 1.80. The number of hydrogen-bond acceptors (Lipinski definition) is 4. The molecule has 0 aliphatic carbocycles. The predicted molar refractivity (Wildman–Crippen MR) is 63.7 cm³/mol. The summed E-state index contributed by atoms with van der Waals surface area (Å²) in [5.41, 5.74) is 0. The molecule has 17 heavy (non-hydrogen) atoms. The normalized spacial score (nSPS) is 10.1. The summed E-state index contributed by atoms with van der Waals surface area (Å²) in [5, 5.41) is 5.19. The molecule has 0 aromatic rings. The Morgan fingerprint density at radius 2 is 1.82 bits per heavy atom. The highest BCUT2D eigenvalue weighted by Crippen LogP contribution is 1.91. The molecule has 2 amide bonds. The molecule has 0 radical (unpaired) electrons. The van der Waals surface area contributed by atoms with Gasteiger partial charge in [-0.3, -0.25) is 4.79 Å². The largest absolute Gasteiger partial charge is 0.449 e. The lowest BCUT2D eigenvalue weighted by molar-refractivity contribution is -0.121. The van der Waals surface area contributed by atoms with Crippen molar-refractivity contribution in [3.8, 4) is 0 Å². The highest BCUT2D eigenvalue weighted by atomic mass is 16.5. The van der Waals surface area contributed by atoms with E-state index in [-0.39, 0.29) is 5.91 Å². The summed E-state index contributed by atoms with van der Waals surface area (Å²) < 4.78 is 9.65. The Kier molecular flexibility index (Phi) is 9.14. The van der Waals surface area contributed by atoms with Crippen molar-refractivity contribution in [3.63, 3.8) is 0 Å². The third-order valence-electron chi connectivity index (χ3n) is 1.80. The summed E-state index contributed by atoms with van der Waals surface area (Å²) in [7, 11) is 1.54. The van der Waals surface area contributed by atoms with Crippen molar-refractivity contribution >= 4 is 12.0 Å². The zero-order valence-corrected chi connectivity index (χ0v) is 10.7. The SMILES string of the molecule is COCCC(=O)NCCNC(=O)OCC(C)C. The monoisotopic (exact) mass is 246 g/mol. The van der Waals surface area contributed by atoms with Crippen molar-refractivity contribution in [3.05, 3.63) is 0 Å². The van der Waals surface area contributed by atoms with Crippen molar-refractivity contribution in [1.29, 1.82) is 0 Å². The number of carbonyl (C=O) groups is 2. The van der Waals surface area contributed by atoms with E-state index in [9.17, 15) is 9.59 Å². The van der Waals surface area contributed by atoms with Crippen molar-refractivity contribution in [2.24, 2.45) is 5.92 Å². The van der Waals surface area contributed by atoms with Crippen LogP contribution in [-0.2, 0) is 14.3 Å². The van der Waals surface area contributed by atoms with Gasteiger partial charge in [0.2, 0.25) is 5.91 Å². The molecule has 100 valence electrons. The Balaban J connectivity index is 3.38. The van der Waals surface area contributed by atoms with Gasteiger partial charge in [0.15, 0.2) is 0 Å². The van der Waals surface area contributed by atoms with Gasteiger partial charge in [-0.25, -0.2) is 4.79 Å². The second-order valence-electron chi connectivity index (χ2n) is 4.01. The number of hydrogen-bond donors (Lipinski definition) is 2. The van der Waals surface area contributed by atoms with Crippen LogP contribution in [0.3, 0.4) is 0 Å². The Morgan fingerprint density at radius 1 is 1.18 bits per heavy atom. The standard InChI is InChI=1S/C11H22N2O4/c1-9(2)8-17-11(15)13-6-5-12-10(14)4-7-16-3/h9H,4-8H2,1-3H3,(H,12,14)(H,13,15). The second-order valence-corrected chi connectivity index (χ2v) is 4.01. The summed E-state index contributed by atoms with van der Waals surface area (Å²) in [4.78, 5) is 22.2. The summed E-state index contributed by atoms with van der Waals surface area (Å²) in [6, 6.07) is 0. The van der Waals surface area contributed by atoms with Crippen LogP contribution in [0.15, 0.2) is 0 Å². The molecule has 6 nitrogen and oxygen atoms in total. The molecule has 0 fully saturated rings. The number of carbonyl (C=O) groups excluding carboxylic acids is 2. The number of nitrogens with one attached hydrogen (secondary N) is 2. The summed E-state index contributed by atoms with van der Waals surface area (Å²) in [6.45, 7) is 5.46. The molecular formula is C11H22N2O4. The molecule has 0 aliphatic heterocycles. The first-order chi connectivity index (χ1) is 8.06. The maximum atomic E-state index is 11.1. The summed E-state index contributed by atoms with van der Waals surface area (Å²) in [5.74, 6) is 0.221. The van der Waals surface area contributed by atoms with E-state index in [0.29, 0.717) is 38.6 Å². The minimum Gasteiger partial charge on any atom is -0.449 e. The molecule has 6 heteroatoms. The van der Waals surface area contributed by atoms with E-state index in [0.717, 1.165) is 0 Å². The van der Waals surface area contributed by atoms with Crippen LogP contribution in [-0.4, -0.2) is 45.4 Å². The highest BCUT2D eigenvalue weighted by Gasteiger charge is 2.03. The molecule has 0 saturated carbocycles. The van der Waals surface area contributed by atoms with E-state index in [1.807, 2.05) is 13.8 Å². The van der Waals surface area contributed by atoms with Crippen LogP contribution in [0.5, 0.6) is 0 Å². The molecule has 0 saturated heterocycles. The molecule has 0 spiro atoms. The second kappa shape index (κ2) is 9.89. The smallest absolute Gasteiger partial charge is 0.407 e. The van der Waals surface area contributed by atoms with E-state index in [1.165, 1.54) is 0 Å². The number of amides is 2. The molecule has 0 rings (SSSR count). The van der Waals surface area contributed by atoms with Gasteiger partial charge in [0.1, 0.15) is 0 Å². The lowest BCUT2D eigenvalue weighted by atomic mass is 10.2. The maximum absolute atomic E-state index is 11.1. The van der Waals surface area contributed by atoms with Crippen LogP contribution in [0.4, 0.5) is 4.79 Å². The first-order valence-corrected chi connectivity index (χ1v) is 5.72. The Bertz CT molecular complexity index is 232. The first kappa shape index (κ1) is 15.7. The van der Waals surface area contributed by atoms with Gasteiger partial charge in [-0.2, -0.15) is 0 Å². The third kappa shape index (κ3) is 11.0. The molecule has 0 aromatic heterocycles. The van der Waals surface area contributed by atoms with E-state index < -0.39 is 6.09 Å². The zero-order valence-electron chi connectivity index (χ0n) is 10.7. The Morgan fingerprint density at radius 3 is 2.41 bits per heavy atom. The average molecular weight is 246 g/mol. The molecule has 0 aromatic carbocycles. The van der Waals surface area contributed by atoms with Gasteiger partial charge in [0.25, 0.3) is 0 Å². The number of methoxy groups -OCH3 is 1. The van der Waals surface area contributed by atoms with E-state index >= 15 is 0 Å². The summed E-state index contributed by atoms with van der Waals surface area (Å²) in [6.07, 6.45) is -0.126. The average Bonchev–Trinajstić information content (AvgIpc) is 2.29. The van der Waals surface area contributed by atoms with Crippen LogP contribution in [0.25, 0.3) is 0 Å². The van der Waals surface area contributed by atoms with Crippen molar-refractivity contribution in [1.82, 2.24) is 10.6 Å². The maximum Gasteiger partial charge on any atom is 0.407 e. The van der Waals surface area contributed by atoms with Gasteiger partial charge in [-0.1, -0.05) is 13.8 Å². The molecule has 0 heterocycles. The predicted octanol–water partition coefficient (Wildman–Crippen LogP) is 0.521. The van der Waals surface area contributed by atoms with Crippen LogP contribution < -0.4 is 10.6 Å². The lowest BCUT2D eigenvalue weighted by Crippen LogP contribution is -2.35. The van der Waals surface area contributed by atoms with E-state index in [1.54, 1.807) is 7.11 Å². The Labute approximate surface area is 102 Å². The Hall–Kier alpha value is -1.30. The molecule has 0 atom stereocenters. The minimum absolute atomic E-state index is 0.0933. The van der Waals surface area contributed by atoms with Crippen LogP contribution in [0.1, 0.15) is 20.3 Å². The number of alkyl carbamates (subject to hydrolysis) is 1. The fourth-order valence-corrected chi connectivity index (χ4v) is 0.943. The van der Waals surface area contributed by atoms with Crippen LogP contribution in [0, 0.1) is 5.92 Å². The van der Waals surface area contributed by atoms with Gasteiger partial charge in [-0.15, -0.1) is 0 Å². The lowest BCUT2D eigenvalue weighted by Gasteiger charge is -2.09. The highest BCUT2D eigenvalue weighted by molar-refractivity contribution is 5.76. The first-order valence-electron chi connectivity index (χ1n) is 5.72. The minimum atomic E-state index is -0.454. The van der Waals surface area contributed by atoms with Gasteiger partial charge in [0.05, 0.1) is 13.2 Å². The van der Waals surface area contributed by atoms with Gasteiger partial charge < -0.3 is 20.1 Å². The van der Waals surface area contributed by atoms with Crippen molar-refractivity contribution < 1.29 is 19.1 Å². The molecule has 0 aliphatic rings. The molecular weight excluding hydrogens is 224 g/mol. The van der Waals surface area contributed by atoms with Crippen LogP contribution >= 0.6 is 0 Å². The van der Waals surface area contributed by atoms with E-state index in [4.69, 9.17) is 9.47 Å². The van der Waals surface area contributed by atoms with Crippen molar-refractivity contribution in [2.45, 2.75) is 20.3 Å².